The van der Waals surface area contributed by atoms with Crippen LogP contribution < -0.4 is 5.32 Å². The first-order valence-corrected chi connectivity index (χ1v) is 6.73. The second-order valence-corrected chi connectivity index (χ2v) is 5.20. The molecule has 4 heteroatoms. The van der Waals surface area contributed by atoms with Crippen LogP contribution in [0.15, 0.2) is 30.3 Å². The van der Waals surface area contributed by atoms with Crippen LogP contribution in [-0.4, -0.2) is 23.2 Å². The summed E-state index contributed by atoms with van der Waals surface area (Å²) in [7, 11) is 0. The largest absolute Gasteiger partial charge is 0.396 e. The molecule has 0 spiro atoms. The minimum atomic E-state index is -0.371. The van der Waals surface area contributed by atoms with E-state index in [9.17, 15) is 4.79 Å². The Morgan fingerprint density at radius 2 is 2.26 bits per heavy atom. The van der Waals surface area contributed by atoms with E-state index in [0.29, 0.717) is 11.4 Å². The Bertz CT molecular complexity index is 459. The lowest BCUT2D eigenvalue weighted by Gasteiger charge is -2.28. The number of carbonyl (C=O) groups excluding carboxylic acids is 1. The predicted molar refractivity (Wildman–Crippen MR) is 79.0 cm³/mol. The Morgan fingerprint density at radius 3 is 2.84 bits per heavy atom. The highest BCUT2D eigenvalue weighted by Crippen LogP contribution is 2.14. The molecule has 104 valence electrons. The maximum atomic E-state index is 11.8. The molecule has 1 aromatic rings. The molecule has 0 radical (unpaired) electrons. The first kappa shape index (κ1) is 15.7. The number of halogens is 1. The van der Waals surface area contributed by atoms with Gasteiger partial charge in [0.2, 0.25) is 5.91 Å². The molecule has 1 atom stereocenters. The number of aliphatic hydroxyl groups is 1. The maximum absolute atomic E-state index is 11.8. The molecule has 0 aliphatic rings. The van der Waals surface area contributed by atoms with E-state index in [-0.39, 0.29) is 18.1 Å². The third-order valence-electron chi connectivity index (χ3n) is 3.14. The molecule has 19 heavy (non-hydrogen) atoms. The highest BCUT2D eigenvalue weighted by Gasteiger charge is 2.22. The number of benzene rings is 1. The highest BCUT2D eigenvalue weighted by molar-refractivity contribution is 6.30. The lowest BCUT2D eigenvalue weighted by Crippen LogP contribution is -2.45. The smallest absolute Gasteiger partial charge is 0.244 e. The molecule has 1 rings (SSSR count). The summed E-state index contributed by atoms with van der Waals surface area (Å²) in [5.41, 5.74) is 0.507. The van der Waals surface area contributed by atoms with Crippen LogP contribution in [0.25, 0.3) is 6.08 Å². The summed E-state index contributed by atoms with van der Waals surface area (Å²) in [5.74, 6) is -0.169. The van der Waals surface area contributed by atoms with Gasteiger partial charge in [0.1, 0.15) is 0 Å². The lowest BCUT2D eigenvalue weighted by molar-refractivity contribution is -0.118. The Kier molecular flexibility index (Phi) is 6.06. The van der Waals surface area contributed by atoms with E-state index in [0.717, 1.165) is 12.0 Å². The molecule has 0 bridgehead atoms. The van der Waals surface area contributed by atoms with Crippen LogP contribution in [0, 0.1) is 0 Å². The summed E-state index contributed by atoms with van der Waals surface area (Å²) in [5, 5.41) is 12.6. The summed E-state index contributed by atoms with van der Waals surface area (Å²) in [6.07, 6.45) is 4.51. The van der Waals surface area contributed by atoms with Gasteiger partial charge in [0.05, 0.1) is 0 Å². The second kappa shape index (κ2) is 7.31. The van der Waals surface area contributed by atoms with Crippen LogP contribution in [-0.2, 0) is 4.79 Å². The topological polar surface area (TPSA) is 49.3 Å². The van der Waals surface area contributed by atoms with Crippen molar-refractivity contribution in [2.45, 2.75) is 32.2 Å². The standard InChI is InChI=1S/C15H20ClNO2/c1-3-15(2,9-10-18)17-14(19)8-7-12-5-4-6-13(16)11-12/h4-8,11,18H,3,9-10H2,1-2H3,(H,17,19)/b8-7+. The molecule has 0 aromatic heterocycles. The average Bonchev–Trinajstić information content (AvgIpc) is 2.37. The minimum Gasteiger partial charge on any atom is -0.396 e. The van der Waals surface area contributed by atoms with Gasteiger partial charge < -0.3 is 10.4 Å². The highest BCUT2D eigenvalue weighted by atomic mass is 35.5. The van der Waals surface area contributed by atoms with Crippen molar-refractivity contribution in [2.24, 2.45) is 0 Å². The van der Waals surface area contributed by atoms with E-state index in [1.807, 2.05) is 26.0 Å². The van der Waals surface area contributed by atoms with Gasteiger partial charge in [-0.05, 0) is 43.5 Å². The van der Waals surface area contributed by atoms with Gasteiger partial charge in [0.15, 0.2) is 0 Å². The van der Waals surface area contributed by atoms with Gasteiger partial charge in [-0.25, -0.2) is 0 Å². The fourth-order valence-electron chi connectivity index (χ4n) is 1.70. The summed E-state index contributed by atoms with van der Waals surface area (Å²) in [6.45, 7) is 3.97. The maximum Gasteiger partial charge on any atom is 0.244 e. The van der Waals surface area contributed by atoms with Crippen LogP contribution in [0.2, 0.25) is 5.02 Å². The minimum absolute atomic E-state index is 0.0582. The molecule has 0 saturated heterocycles. The Balaban J connectivity index is 2.64. The zero-order valence-electron chi connectivity index (χ0n) is 11.3. The molecule has 2 N–H and O–H groups in total. The average molecular weight is 282 g/mol. The zero-order valence-corrected chi connectivity index (χ0v) is 12.1. The second-order valence-electron chi connectivity index (χ2n) is 4.77. The van der Waals surface area contributed by atoms with Crippen LogP contribution >= 0.6 is 11.6 Å². The Morgan fingerprint density at radius 1 is 1.53 bits per heavy atom. The fraction of sp³-hybridized carbons (Fsp3) is 0.400. The Hall–Kier alpha value is -1.32. The first-order chi connectivity index (χ1) is 8.99. The summed E-state index contributed by atoms with van der Waals surface area (Å²) < 4.78 is 0. The van der Waals surface area contributed by atoms with Gasteiger partial charge in [-0.3, -0.25) is 4.79 Å². The van der Waals surface area contributed by atoms with Crippen molar-refractivity contribution >= 4 is 23.6 Å². The first-order valence-electron chi connectivity index (χ1n) is 6.36. The van der Waals surface area contributed by atoms with E-state index in [4.69, 9.17) is 16.7 Å². The van der Waals surface area contributed by atoms with Crippen molar-refractivity contribution in [3.05, 3.63) is 40.9 Å². The normalized spacial score (nSPS) is 14.3. The molecule has 0 heterocycles. The van der Waals surface area contributed by atoms with E-state index < -0.39 is 0 Å². The van der Waals surface area contributed by atoms with Gasteiger partial charge in [0.25, 0.3) is 0 Å². The number of rotatable bonds is 6. The Labute approximate surface area is 119 Å². The number of hydrogen-bond acceptors (Lipinski definition) is 2. The van der Waals surface area contributed by atoms with E-state index >= 15 is 0 Å². The third-order valence-corrected chi connectivity index (χ3v) is 3.38. The zero-order chi connectivity index (χ0) is 14.3. The molecule has 1 amide bonds. The number of amides is 1. The van der Waals surface area contributed by atoms with Gasteiger partial charge in [-0.1, -0.05) is 30.7 Å². The van der Waals surface area contributed by atoms with Gasteiger partial charge in [-0.2, -0.15) is 0 Å². The summed E-state index contributed by atoms with van der Waals surface area (Å²) >= 11 is 5.87. The number of hydrogen-bond donors (Lipinski definition) is 2. The van der Waals surface area contributed by atoms with Gasteiger partial charge in [0, 0.05) is 23.2 Å². The number of carbonyl (C=O) groups is 1. The van der Waals surface area contributed by atoms with Crippen molar-refractivity contribution in [1.82, 2.24) is 5.32 Å². The van der Waals surface area contributed by atoms with Crippen molar-refractivity contribution in [3.8, 4) is 0 Å². The molecule has 0 aliphatic carbocycles. The fourth-order valence-corrected chi connectivity index (χ4v) is 1.89. The van der Waals surface area contributed by atoms with Crippen molar-refractivity contribution in [3.63, 3.8) is 0 Å². The number of aliphatic hydroxyl groups excluding tert-OH is 1. The summed E-state index contributed by atoms with van der Waals surface area (Å²) in [4.78, 5) is 11.8. The van der Waals surface area contributed by atoms with E-state index in [1.165, 1.54) is 6.08 Å². The van der Waals surface area contributed by atoms with Crippen LogP contribution in [0.4, 0.5) is 0 Å². The molecular weight excluding hydrogens is 262 g/mol. The van der Waals surface area contributed by atoms with Crippen LogP contribution in [0.3, 0.4) is 0 Å². The molecule has 0 aliphatic heterocycles. The van der Waals surface area contributed by atoms with Crippen molar-refractivity contribution in [1.29, 1.82) is 0 Å². The SMILES string of the molecule is CCC(C)(CCO)NC(=O)/C=C/c1cccc(Cl)c1. The van der Waals surface area contributed by atoms with Crippen LogP contribution in [0.1, 0.15) is 32.3 Å². The third kappa shape index (κ3) is 5.45. The molecule has 3 nitrogen and oxygen atoms in total. The van der Waals surface area contributed by atoms with Crippen molar-refractivity contribution < 1.29 is 9.90 Å². The van der Waals surface area contributed by atoms with Gasteiger partial charge >= 0.3 is 0 Å². The lowest BCUT2D eigenvalue weighted by atomic mass is 9.95. The molecule has 1 aromatic carbocycles. The van der Waals surface area contributed by atoms with Crippen LogP contribution in [0.5, 0.6) is 0 Å². The molecule has 0 fully saturated rings. The monoisotopic (exact) mass is 281 g/mol. The quantitative estimate of drug-likeness (QED) is 0.788. The van der Waals surface area contributed by atoms with Crippen molar-refractivity contribution in [2.75, 3.05) is 6.61 Å². The predicted octanol–water partition coefficient (Wildman–Crippen LogP) is 3.02. The van der Waals surface area contributed by atoms with E-state index in [1.54, 1.807) is 18.2 Å². The molecule has 0 saturated carbocycles. The molecule has 1 unspecified atom stereocenters. The summed E-state index contributed by atoms with van der Waals surface area (Å²) in [6, 6.07) is 7.29. The number of nitrogens with one attached hydrogen (secondary N) is 1. The van der Waals surface area contributed by atoms with E-state index in [2.05, 4.69) is 5.32 Å². The van der Waals surface area contributed by atoms with Gasteiger partial charge in [-0.15, -0.1) is 0 Å². The molecular formula is C15H20ClNO2.